The molecule has 2 aliphatic heterocycles. The number of hydrogen-bond acceptors (Lipinski definition) is 4. The van der Waals surface area contributed by atoms with Crippen LogP contribution in [0.5, 0.6) is 5.75 Å². The maximum absolute atomic E-state index is 13.0. The third-order valence-electron chi connectivity index (χ3n) is 6.34. The zero-order chi connectivity index (χ0) is 22.0. The number of piperidine rings is 1. The van der Waals surface area contributed by atoms with Crippen LogP contribution in [-0.4, -0.2) is 56.6 Å². The molecule has 1 aromatic carbocycles. The first-order chi connectivity index (χ1) is 14.8. The van der Waals surface area contributed by atoms with Crippen LogP contribution in [0.15, 0.2) is 30.3 Å². The molecule has 2 aliphatic rings. The second kappa shape index (κ2) is 8.73. The summed E-state index contributed by atoms with van der Waals surface area (Å²) in [5.41, 5.74) is 2.59. The molecular formula is C24H32N4O3. The molecule has 1 fully saturated rings. The van der Waals surface area contributed by atoms with Crippen molar-refractivity contribution < 1.29 is 14.3 Å². The van der Waals surface area contributed by atoms with Crippen LogP contribution in [0.4, 0.5) is 0 Å². The molecule has 31 heavy (non-hydrogen) atoms. The van der Waals surface area contributed by atoms with Gasteiger partial charge in [-0.15, -0.1) is 0 Å². The van der Waals surface area contributed by atoms with E-state index in [1.54, 1.807) is 6.92 Å². The van der Waals surface area contributed by atoms with E-state index in [4.69, 9.17) is 4.74 Å². The Kier molecular flexibility index (Phi) is 6.03. The lowest BCUT2D eigenvalue weighted by atomic mass is 9.91. The van der Waals surface area contributed by atoms with Crippen molar-refractivity contribution in [2.75, 3.05) is 19.6 Å². The SMILES string of the molecule is CC(=O)N1Cc2ccccc2OC2(CCCN(C(=O)CCCn3nc(C)cc3C)C2)C1. The Hall–Kier alpha value is -2.83. The van der Waals surface area contributed by atoms with Gasteiger partial charge in [-0.3, -0.25) is 14.3 Å². The van der Waals surface area contributed by atoms with Crippen LogP contribution in [0.2, 0.25) is 0 Å². The van der Waals surface area contributed by atoms with Crippen LogP contribution in [0.3, 0.4) is 0 Å². The maximum atomic E-state index is 13.0. The molecule has 0 aliphatic carbocycles. The highest BCUT2D eigenvalue weighted by molar-refractivity contribution is 5.76. The molecule has 1 unspecified atom stereocenters. The van der Waals surface area contributed by atoms with Gasteiger partial charge in [-0.1, -0.05) is 18.2 Å². The lowest BCUT2D eigenvalue weighted by Crippen LogP contribution is -2.58. The molecule has 166 valence electrons. The van der Waals surface area contributed by atoms with Gasteiger partial charge in [0, 0.05) is 44.2 Å². The molecule has 0 bridgehead atoms. The lowest BCUT2D eigenvalue weighted by Gasteiger charge is -2.43. The molecule has 7 nitrogen and oxygen atoms in total. The number of aryl methyl sites for hydroxylation is 3. The first-order valence-corrected chi connectivity index (χ1v) is 11.2. The van der Waals surface area contributed by atoms with E-state index in [-0.39, 0.29) is 11.8 Å². The zero-order valence-corrected chi connectivity index (χ0v) is 18.8. The lowest BCUT2D eigenvalue weighted by molar-refractivity contribution is -0.140. The van der Waals surface area contributed by atoms with E-state index in [1.807, 2.05) is 52.6 Å². The summed E-state index contributed by atoms with van der Waals surface area (Å²) < 4.78 is 8.51. The number of rotatable bonds is 4. The average molecular weight is 425 g/mol. The van der Waals surface area contributed by atoms with Gasteiger partial charge < -0.3 is 14.5 Å². The van der Waals surface area contributed by atoms with Gasteiger partial charge in [-0.2, -0.15) is 5.10 Å². The molecule has 3 heterocycles. The molecule has 4 rings (SSSR count). The molecular weight excluding hydrogens is 392 g/mol. The molecule has 1 aromatic heterocycles. The molecule has 1 saturated heterocycles. The van der Waals surface area contributed by atoms with E-state index in [2.05, 4.69) is 11.2 Å². The predicted octanol–water partition coefficient (Wildman–Crippen LogP) is 3.08. The Morgan fingerprint density at radius 3 is 2.68 bits per heavy atom. The fourth-order valence-corrected chi connectivity index (χ4v) is 4.79. The molecule has 0 N–H and O–H groups in total. The van der Waals surface area contributed by atoms with Crippen molar-refractivity contribution in [3.63, 3.8) is 0 Å². The number of fused-ring (bicyclic) bond motifs is 1. The number of likely N-dealkylation sites (tertiary alicyclic amines) is 1. The summed E-state index contributed by atoms with van der Waals surface area (Å²) in [6.07, 6.45) is 2.95. The fraction of sp³-hybridized carbons (Fsp3) is 0.542. The fourth-order valence-electron chi connectivity index (χ4n) is 4.79. The summed E-state index contributed by atoms with van der Waals surface area (Å²) in [6, 6.07) is 9.96. The van der Waals surface area contributed by atoms with Crippen molar-refractivity contribution in [3.05, 3.63) is 47.3 Å². The molecule has 0 saturated carbocycles. The quantitative estimate of drug-likeness (QED) is 0.757. The summed E-state index contributed by atoms with van der Waals surface area (Å²) in [5.74, 6) is 1.01. The van der Waals surface area contributed by atoms with Crippen LogP contribution in [0.25, 0.3) is 0 Å². The zero-order valence-electron chi connectivity index (χ0n) is 18.8. The van der Waals surface area contributed by atoms with Crippen molar-refractivity contribution in [1.29, 1.82) is 0 Å². The van der Waals surface area contributed by atoms with Crippen LogP contribution < -0.4 is 4.74 Å². The molecule has 2 amide bonds. The molecule has 0 radical (unpaired) electrons. The van der Waals surface area contributed by atoms with Gasteiger partial charge in [0.1, 0.15) is 11.4 Å². The highest BCUT2D eigenvalue weighted by Crippen LogP contribution is 2.35. The van der Waals surface area contributed by atoms with Crippen molar-refractivity contribution in [1.82, 2.24) is 19.6 Å². The second-order valence-corrected chi connectivity index (χ2v) is 8.94. The molecule has 7 heteroatoms. The third-order valence-corrected chi connectivity index (χ3v) is 6.34. The first kappa shape index (κ1) is 21.4. The molecule has 1 spiro atoms. The van der Waals surface area contributed by atoms with Crippen molar-refractivity contribution in [2.45, 2.75) is 65.1 Å². The molecule has 2 aromatic rings. The predicted molar refractivity (Wildman–Crippen MR) is 118 cm³/mol. The topological polar surface area (TPSA) is 67.7 Å². The third kappa shape index (κ3) is 4.75. The Morgan fingerprint density at radius 1 is 1.16 bits per heavy atom. The van der Waals surface area contributed by atoms with Crippen LogP contribution in [0, 0.1) is 13.8 Å². The van der Waals surface area contributed by atoms with Crippen LogP contribution in [0.1, 0.15) is 49.6 Å². The second-order valence-electron chi connectivity index (χ2n) is 8.94. The number of benzene rings is 1. The Morgan fingerprint density at radius 2 is 1.94 bits per heavy atom. The van der Waals surface area contributed by atoms with E-state index < -0.39 is 5.60 Å². The van der Waals surface area contributed by atoms with Gasteiger partial charge in [0.25, 0.3) is 0 Å². The largest absolute Gasteiger partial charge is 0.483 e. The number of hydrogen-bond donors (Lipinski definition) is 0. The van der Waals surface area contributed by atoms with Gasteiger partial charge >= 0.3 is 0 Å². The minimum atomic E-state index is -0.554. The number of para-hydroxylation sites is 1. The van der Waals surface area contributed by atoms with Crippen LogP contribution >= 0.6 is 0 Å². The van der Waals surface area contributed by atoms with E-state index in [9.17, 15) is 9.59 Å². The van der Waals surface area contributed by atoms with Gasteiger partial charge in [0.05, 0.1) is 18.8 Å². The Bertz CT molecular complexity index is 969. The summed E-state index contributed by atoms with van der Waals surface area (Å²) in [5, 5.41) is 4.48. The highest BCUT2D eigenvalue weighted by Gasteiger charge is 2.43. The molecule has 1 atom stereocenters. The van der Waals surface area contributed by atoms with Gasteiger partial charge in [0.15, 0.2) is 0 Å². The smallest absolute Gasteiger partial charge is 0.222 e. The number of carbonyl (C=O) groups is 2. The van der Waals surface area contributed by atoms with Crippen molar-refractivity contribution in [3.8, 4) is 5.75 Å². The van der Waals surface area contributed by atoms with Crippen molar-refractivity contribution in [2.24, 2.45) is 0 Å². The van der Waals surface area contributed by atoms with Gasteiger partial charge in [-0.25, -0.2) is 0 Å². The number of ether oxygens (including phenoxy) is 1. The highest BCUT2D eigenvalue weighted by atomic mass is 16.5. The summed E-state index contributed by atoms with van der Waals surface area (Å²) in [4.78, 5) is 29.1. The number of nitrogens with zero attached hydrogens (tertiary/aromatic N) is 4. The first-order valence-electron chi connectivity index (χ1n) is 11.2. The van der Waals surface area contributed by atoms with Gasteiger partial charge in [-0.05, 0) is 45.2 Å². The van der Waals surface area contributed by atoms with E-state index in [0.717, 1.165) is 55.1 Å². The number of amides is 2. The maximum Gasteiger partial charge on any atom is 0.222 e. The van der Waals surface area contributed by atoms with E-state index in [1.165, 1.54) is 0 Å². The van der Waals surface area contributed by atoms with Gasteiger partial charge in [0.2, 0.25) is 11.8 Å². The van der Waals surface area contributed by atoms with E-state index in [0.29, 0.717) is 26.1 Å². The monoisotopic (exact) mass is 424 g/mol. The number of carbonyl (C=O) groups excluding carboxylic acids is 2. The van der Waals surface area contributed by atoms with Crippen LogP contribution in [-0.2, 0) is 22.7 Å². The summed E-state index contributed by atoms with van der Waals surface area (Å²) in [6.45, 7) is 8.68. The summed E-state index contributed by atoms with van der Waals surface area (Å²) >= 11 is 0. The van der Waals surface area contributed by atoms with Crippen molar-refractivity contribution >= 4 is 11.8 Å². The standard InChI is InChI=1S/C24H32N4O3/c1-18-14-19(2)28(25-18)13-6-10-23(30)26-12-7-11-24(16-26)17-27(20(3)29)15-21-8-4-5-9-22(21)31-24/h4-5,8-9,14H,6-7,10-13,15-17H2,1-3H3. The number of aromatic nitrogens is 2. The van der Waals surface area contributed by atoms with E-state index >= 15 is 0 Å². The Labute approximate surface area is 184 Å². The normalized spacial score (nSPS) is 20.9. The Balaban J connectivity index is 1.44. The minimum Gasteiger partial charge on any atom is -0.483 e. The summed E-state index contributed by atoms with van der Waals surface area (Å²) in [7, 11) is 0. The minimum absolute atomic E-state index is 0.0352. The average Bonchev–Trinajstić information content (AvgIpc) is 2.96.